The highest BCUT2D eigenvalue weighted by atomic mass is 32.1. The maximum atomic E-state index is 12.9. The third-order valence-corrected chi connectivity index (χ3v) is 2.52. The minimum atomic E-state index is -0.455. The van der Waals surface area contributed by atoms with Gasteiger partial charge in [0.15, 0.2) is 5.11 Å². The molecule has 19 heavy (non-hydrogen) atoms. The van der Waals surface area contributed by atoms with Crippen LogP contribution in [0.3, 0.4) is 0 Å². The van der Waals surface area contributed by atoms with Gasteiger partial charge in [0.1, 0.15) is 5.82 Å². The van der Waals surface area contributed by atoms with Gasteiger partial charge in [-0.2, -0.15) is 0 Å². The number of rotatable bonds is 6. The minimum Gasteiger partial charge on any atom is -0.382 e. The van der Waals surface area contributed by atoms with Crippen LogP contribution in [-0.4, -0.2) is 30.8 Å². The van der Waals surface area contributed by atoms with Crippen LogP contribution in [-0.2, 0) is 4.74 Å². The van der Waals surface area contributed by atoms with Crippen LogP contribution in [0.25, 0.3) is 0 Å². The SMILES string of the molecule is CCOCCCNC(=S)NC(=O)c1cccc(F)c1. The van der Waals surface area contributed by atoms with Crippen molar-refractivity contribution in [3.05, 3.63) is 35.6 Å². The smallest absolute Gasteiger partial charge is 0.257 e. The number of halogens is 1. The number of thiocarbonyl (C=S) groups is 1. The summed E-state index contributed by atoms with van der Waals surface area (Å²) in [5.74, 6) is -0.884. The minimum absolute atomic E-state index is 0.228. The van der Waals surface area contributed by atoms with Gasteiger partial charge in [-0.1, -0.05) is 6.07 Å². The molecule has 0 aliphatic rings. The fourth-order valence-electron chi connectivity index (χ4n) is 1.37. The fraction of sp³-hybridized carbons (Fsp3) is 0.385. The molecule has 0 atom stereocenters. The van der Waals surface area contributed by atoms with Crippen LogP contribution in [0.4, 0.5) is 4.39 Å². The number of carbonyl (C=O) groups is 1. The third-order valence-electron chi connectivity index (χ3n) is 2.27. The van der Waals surface area contributed by atoms with E-state index in [0.29, 0.717) is 19.8 Å². The number of benzene rings is 1. The van der Waals surface area contributed by atoms with E-state index in [-0.39, 0.29) is 10.7 Å². The Morgan fingerprint density at radius 2 is 2.26 bits per heavy atom. The standard InChI is InChI=1S/C13H17FN2O2S/c1-2-18-8-4-7-15-13(19)16-12(17)10-5-3-6-11(14)9-10/h3,5-6,9H,2,4,7-8H2,1H3,(H2,15,16,17,19). The normalized spacial score (nSPS) is 10.0. The van der Waals surface area contributed by atoms with E-state index in [9.17, 15) is 9.18 Å². The van der Waals surface area contributed by atoms with E-state index in [2.05, 4.69) is 10.6 Å². The Kier molecular flexibility index (Phi) is 6.99. The molecule has 0 aliphatic carbocycles. The molecule has 2 N–H and O–H groups in total. The average Bonchev–Trinajstić information content (AvgIpc) is 2.38. The second-order valence-electron chi connectivity index (χ2n) is 3.77. The van der Waals surface area contributed by atoms with Crippen LogP contribution in [0.15, 0.2) is 24.3 Å². The lowest BCUT2D eigenvalue weighted by Gasteiger charge is -2.09. The summed E-state index contributed by atoms with van der Waals surface area (Å²) in [5, 5.41) is 5.60. The molecule has 1 rings (SSSR count). The molecule has 0 aromatic heterocycles. The molecule has 0 radical (unpaired) electrons. The zero-order chi connectivity index (χ0) is 14.1. The highest BCUT2D eigenvalue weighted by Crippen LogP contribution is 2.02. The van der Waals surface area contributed by atoms with Gasteiger partial charge >= 0.3 is 0 Å². The molecule has 104 valence electrons. The van der Waals surface area contributed by atoms with E-state index < -0.39 is 11.7 Å². The van der Waals surface area contributed by atoms with Crippen LogP contribution >= 0.6 is 12.2 Å². The summed E-state index contributed by atoms with van der Waals surface area (Å²) in [5.41, 5.74) is 0.235. The summed E-state index contributed by atoms with van der Waals surface area (Å²) in [4.78, 5) is 11.7. The molecule has 1 aromatic carbocycles. The molecule has 0 heterocycles. The topological polar surface area (TPSA) is 50.4 Å². The predicted molar refractivity (Wildman–Crippen MR) is 75.6 cm³/mol. The van der Waals surface area contributed by atoms with Crippen LogP contribution in [0.1, 0.15) is 23.7 Å². The average molecular weight is 284 g/mol. The van der Waals surface area contributed by atoms with Gasteiger partial charge in [-0.05, 0) is 43.8 Å². The number of nitrogens with one attached hydrogen (secondary N) is 2. The van der Waals surface area contributed by atoms with Crippen molar-refractivity contribution < 1.29 is 13.9 Å². The van der Waals surface area contributed by atoms with Crippen molar-refractivity contribution in [1.29, 1.82) is 0 Å². The van der Waals surface area contributed by atoms with Gasteiger partial charge in [-0.3, -0.25) is 10.1 Å². The molecule has 0 unspecified atom stereocenters. The second kappa shape index (κ2) is 8.55. The molecule has 0 saturated carbocycles. The Bertz CT molecular complexity index is 440. The first-order valence-corrected chi connectivity index (χ1v) is 6.46. The predicted octanol–water partition coefficient (Wildman–Crippen LogP) is 1.86. The van der Waals surface area contributed by atoms with E-state index >= 15 is 0 Å². The van der Waals surface area contributed by atoms with Crippen LogP contribution < -0.4 is 10.6 Å². The summed E-state index contributed by atoms with van der Waals surface area (Å²) in [6.45, 7) is 3.87. The zero-order valence-electron chi connectivity index (χ0n) is 10.7. The Morgan fingerprint density at radius 1 is 1.47 bits per heavy atom. The van der Waals surface area contributed by atoms with E-state index in [1.807, 2.05) is 6.92 Å². The Hall–Kier alpha value is -1.53. The quantitative estimate of drug-likeness (QED) is 0.618. The zero-order valence-corrected chi connectivity index (χ0v) is 11.6. The molecule has 0 fully saturated rings. The van der Waals surface area contributed by atoms with Crippen LogP contribution in [0, 0.1) is 5.82 Å². The van der Waals surface area contributed by atoms with Gasteiger partial charge in [-0.15, -0.1) is 0 Å². The molecule has 1 aromatic rings. The van der Waals surface area contributed by atoms with Crippen LogP contribution in [0.5, 0.6) is 0 Å². The van der Waals surface area contributed by atoms with Gasteiger partial charge in [-0.25, -0.2) is 4.39 Å². The van der Waals surface area contributed by atoms with Crippen molar-refractivity contribution in [3.8, 4) is 0 Å². The van der Waals surface area contributed by atoms with E-state index in [1.165, 1.54) is 18.2 Å². The fourth-order valence-corrected chi connectivity index (χ4v) is 1.56. The molecule has 0 saturated heterocycles. The van der Waals surface area contributed by atoms with Crippen LogP contribution in [0.2, 0.25) is 0 Å². The molecule has 0 aliphatic heterocycles. The summed E-state index contributed by atoms with van der Waals surface area (Å²) in [6.07, 6.45) is 0.795. The van der Waals surface area contributed by atoms with Crippen molar-refractivity contribution in [1.82, 2.24) is 10.6 Å². The van der Waals surface area contributed by atoms with E-state index in [4.69, 9.17) is 17.0 Å². The van der Waals surface area contributed by atoms with Crippen molar-refractivity contribution in [2.45, 2.75) is 13.3 Å². The maximum absolute atomic E-state index is 12.9. The Balaban J connectivity index is 2.30. The van der Waals surface area contributed by atoms with Crippen molar-refractivity contribution in [2.24, 2.45) is 0 Å². The van der Waals surface area contributed by atoms with Gasteiger partial charge < -0.3 is 10.1 Å². The molecule has 0 spiro atoms. The molecule has 4 nitrogen and oxygen atoms in total. The number of hydrogen-bond acceptors (Lipinski definition) is 3. The summed E-state index contributed by atoms with van der Waals surface area (Å²) in [7, 11) is 0. The number of ether oxygens (including phenoxy) is 1. The monoisotopic (exact) mass is 284 g/mol. The first kappa shape index (κ1) is 15.5. The first-order valence-electron chi connectivity index (χ1n) is 6.06. The van der Waals surface area contributed by atoms with Gasteiger partial charge in [0.2, 0.25) is 0 Å². The van der Waals surface area contributed by atoms with Gasteiger partial charge in [0.05, 0.1) is 0 Å². The number of hydrogen-bond donors (Lipinski definition) is 2. The number of carbonyl (C=O) groups excluding carboxylic acids is 1. The first-order chi connectivity index (χ1) is 9.13. The maximum Gasteiger partial charge on any atom is 0.257 e. The van der Waals surface area contributed by atoms with Crippen molar-refractivity contribution >= 4 is 23.2 Å². The lowest BCUT2D eigenvalue weighted by atomic mass is 10.2. The highest BCUT2D eigenvalue weighted by molar-refractivity contribution is 7.80. The summed E-state index contributed by atoms with van der Waals surface area (Å²) >= 11 is 4.96. The molecular weight excluding hydrogens is 267 g/mol. The van der Waals surface area contributed by atoms with Gasteiger partial charge in [0.25, 0.3) is 5.91 Å². The van der Waals surface area contributed by atoms with E-state index in [0.717, 1.165) is 12.5 Å². The lowest BCUT2D eigenvalue weighted by Crippen LogP contribution is -2.39. The Morgan fingerprint density at radius 3 is 2.95 bits per heavy atom. The highest BCUT2D eigenvalue weighted by Gasteiger charge is 2.07. The summed E-state index contributed by atoms with van der Waals surface area (Å²) < 4.78 is 18.1. The van der Waals surface area contributed by atoms with Crippen molar-refractivity contribution in [3.63, 3.8) is 0 Å². The van der Waals surface area contributed by atoms with Crippen molar-refractivity contribution in [2.75, 3.05) is 19.8 Å². The molecular formula is C13H17FN2O2S. The third kappa shape index (κ3) is 6.26. The number of amides is 1. The molecule has 0 bridgehead atoms. The molecule has 6 heteroatoms. The lowest BCUT2D eigenvalue weighted by molar-refractivity contribution is 0.0976. The summed E-state index contributed by atoms with van der Waals surface area (Å²) in [6, 6.07) is 5.44. The molecule has 1 amide bonds. The largest absolute Gasteiger partial charge is 0.382 e. The van der Waals surface area contributed by atoms with E-state index in [1.54, 1.807) is 0 Å². The second-order valence-corrected chi connectivity index (χ2v) is 4.18. The Labute approximate surface area is 117 Å². The van der Waals surface area contributed by atoms with Gasteiger partial charge in [0, 0.05) is 25.3 Å².